The summed E-state index contributed by atoms with van der Waals surface area (Å²) in [5.74, 6) is 2.22. The quantitative estimate of drug-likeness (QED) is 0.289. The van der Waals surface area contributed by atoms with Crippen molar-refractivity contribution in [2.75, 3.05) is 5.32 Å². The molecule has 1 atom stereocenters. The molecule has 0 fully saturated rings. The van der Waals surface area contributed by atoms with Gasteiger partial charge in [0.2, 0.25) is 0 Å². The predicted octanol–water partition coefficient (Wildman–Crippen LogP) is 7.59. The number of hydrogen-bond donors (Lipinski definition) is 2. The van der Waals surface area contributed by atoms with Crippen LogP contribution in [0.4, 0.5) is 11.4 Å². The van der Waals surface area contributed by atoms with Crippen LogP contribution < -0.4 is 10.1 Å². The van der Waals surface area contributed by atoms with Crippen LogP contribution in [0.2, 0.25) is 0 Å². The largest absolute Gasteiger partial charge is 0.453 e. The first kappa shape index (κ1) is 17.0. The number of para-hydroxylation sites is 2. The topological polar surface area (TPSA) is 37.0 Å². The molecule has 0 radical (unpaired) electrons. The van der Waals surface area contributed by atoms with Crippen LogP contribution in [0.15, 0.2) is 48.5 Å². The van der Waals surface area contributed by atoms with E-state index in [1.165, 1.54) is 27.4 Å². The van der Waals surface area contributed by atoms with Crippen LogP contribution in [0, 0.1) is 5.41 Å². The zero-order chi connectivity index (χ0) is 20.1. The van der Waals surface area contributed by atoms with Crippen LogP contribution in [0.1, 0.15) is 51.7 Å². The van der Waals surface area contributed by atoms with Crippen molar-refractivity contribution >= 4 is 33.2 Å². The van der Waals surface area contributed by atoms with E-state index in [1.54, 1.807) is 0 Å². The maximum atomic E-state index is 6.26. The monoisotopic (exact) mass is 382 g/mol. The molecule has 0 spiro atoms. The first-order chi connectivity index (χ1) is 13.8. The highest BCUT2D eigenvalue weighted by molar-refractivity contribution is 6.17. The van der Waals surface area contributed by atoms with Crippen molar-refractivity contribution in [3.63, 3.8) is 0 Å². The lowest BCUT2D eigenvalue weighted by molar-refractivity contribution is 0.191. The van der Waals surface area contributed by atoms with Crippen molar-refractivity contribution in [2.45, 2.75) is 46.0 Å². The number of fused-ring (bicyclic) bond motifs is 8. The summed E-state index contributed by atoms with van der Waals surface area (Å²) in [6.45, 7) is 12.0. The maximum Gasteiger partial charge on any atom is 0.151 e. The number of ether oxygens (including phenoxy) is 1. The third-order valence-electron chi connectivity index (χ3n) is 8.10. The molecule has 4 aromatic rings. The fraction of sp³-hybridized carbons (Fsp3) is 0.308. The van der Waals surface area contributed by atoms with Gasteiger partial charge in [-0.1, -0.05) is 52.8 Å². The number of H-pyrrole nitrogens is 1. The summed E-state index contributed by atoms with van der Waals surface area (Å²) in [7, 11) is 0. The molecule has 0 amide bonds. The summed E-state index contributed by atoms with van der Waals surface area (Å²) in [6.07, 6.45) is 0. The molecule has 146 valence electrons. The highest BCUT2D eigenvalue weighted by Crippen LogP contribution is 2.61. The summed E-state index contributed by atoms with van der Waals surface area (Å²) >= 11 is 0. The number of aromatic amines is 1. The van der Waals surface area contributed by atoms with Crippen molar-refractivity contribution in [3.05, 3.63) is 59.7 Å². The molecule has 2 aliphatic rings. The zero-order valence-electron chi connectivity index (χ0n) is 17.6. The highest BCUT2D eigenvalue weighted by atomic mass is 16.5. The van der Waals surface area contributed by atoms with E-state index >= 15 is 0 Å². The fourth-order valence-electron chi connectivity index (χ4n) is 5.45. The molecule has 0 saturated carbocycles. The van der Waals surface area contributed by atoms with Gasteiger partial charge in [-0.05, 0) is 58.2 Å². The van der Waals surface area contributed by atoms with Crippen LogP contribution >= 0.6 is 0 Å². The van der Waals surface area contributed by atoms with Gasteiger partial charge in [0.1, 0.15) is 0 Å². The summed E-state index contributed by atoms with van der Waals surface area (Å²) < 4.78 is 6.26. The number of nitrogens with one attached hydrogen (secondary N) is 2. The van der Waals surface area contributed by atoms with Gasteiger partial charge >= 0.3 is 0 Å². The summed E-state index contributed by atoms with van der Waals surface area (Å²) in [4.78, 5) is 3.66. The second kappa shape index (κ2) is 5.15. The zero-order valence-corrected chi connectivity index (χ0v) is 17.6. The lowest BCUT2D eigenvalue weighted by Gasteiger charge is -2.38. The Morgan fingerprint density at radius 2 is 1.55 bits per heavy atom. The van der Waals surface area contributed by atoms with E-state index in [9.17, 15) is 0 Å². The SMILES string of the molecule is CC1c2c(ccc3[nH]c4ccc5c(c4c23)Nc2ccccc2O5)C(C)(C)C1(C)C. The molecular formula is C26H26N2O. The average Bonchev–Trinajstić information content (AvgIpc) is 3.15. The van der Waals surface area contributed by atoms with Crippen molar-refractivity contribution in [3.8, 4) is 11.5 Å². The summed E-state index contributed by atoms with van der Waals surface area (Å²) in [5, 5.41) is 6.25. The molecule has 29 heavy (non-hydrogen) atoms. The summed E-state index contributed by atoms with van der Waals surface area (Å²) in [6, 6.07) is 16.9. The molecule has 1 aromatic heterocycles. The number of rotatable bonds is 0. The predicted molar refractivity (Wildman–Crippen MR) is 121 cm³/mol. The Balaban J connectivity index is 1.72. The Kier molecular flexibility index (Phi) is 3.01. The molecule has 3 heteroatoms. The van der Waals surface area contributed by atoms with Gasteiger partial charge in [0.15, 0.2) is 11.5 Å². The number of anilines is 2. The lowest BCUT2D eigenvalue weighted by atomic mass is 9.65. The first-order valence-electron chi connectivity index (χ1n) is 10.5. The van der Waals surface area contributed by atoms with Gasteiger partial charge in [-0.2, -0.15) is 0 Å². The molecule has 3 aromatic carbocycles. The molecule has 0 bridgehead atoms. The highest BCUT2D eigenvalue weighted by Gasteiger charge is 2.51. The van der Waals surface area contributed by atoms with Gasteiger partial charge in [0, 0.05) is 21.8 Å². The molecule has 1 aliphatic heterocycles. The molecule has 2 N–H and O–H groups in total. The van der Waals surface area contributed by atoms with Crippen LogP contribution in [0.5, 0.6) is 11.5 Å². The van der Waals surface area contributed by atoms with Gasteiger partial charge in [-0.15, -0.1) is 0 Å². The molecule has 6 rings (SSSR count). The fourth-order valence-corrected chi connectivity index (χ4v) is 5.45. The van der Waals surface area contributed by atoms with E-state index in [4.69, 9.17) is 4.74 Å². The normalized spacial score (nSPS) is 20.7. The van der Waals surface area contributed by atoms with Gasteiger partial charge in [0.25, 0.3) is 0 Å². The summed E-state index contributed by atoms with van der Waals surface area (Å²) in [5.41, 5.74) is 7.68. The maximum absolute atomic E-state index is 6.26. The van der Waals surface area contributed by atoms with E-state index in [0.29, 0.717) is 5.92 Å². The lowest BCUT2D eigenvalue weighted by Crippen LogP contribution is -2.33. The minimum atomic E-state index is 0.116. The van der Waals surface area contributed by atoms with Crippen LogP contribution in [0.25, 0.3) is 21.8 Å². The Morgan fingerprint density at radius 3 is 2.38 bits per heavy atom. The molecule has 3 nitrogen and oxygen atoms in total. The van der Waals surface area contributed by atoms with Crippen LogP contribution in [0.3, 0.4) is 0 Å². The standard InChI is InChI=1S/C26H26N2O/c1-14-21-15(26(4,5)25(14,2)3)10-11-17-22(21)23-18(27-17)12-13-20-24(23)28-16-8-6-7-9-19(16)29-20/h6-14,27-28H,1-5H3. The van der Waals surface area contributed by atoms with Crippen molar-refractivity contribution < 1.29 is 4.74 Å². The van der Waals surface area contributed by atoms with Gasteiger partial charge in [0.05, 0.1) is 11.4 Å². The van der Waals surface area contributed by atoms with Crippen molar-refractivity contribution in [1.82, 2.24) is 4.98 Å². The second-order valence-corrected chi connectivity index (χ2v) is 9.73. The third-order valence-corrected chi connectivity index (χ3v) is 8.10. The Hall–Kier alpha value is -2.94. The molecule has 0 saturated heterocycles. The minimum Gasteiger partial charge on any atom is -0.453 e. The number of hydrogen-bond acceptors (Lipinski definition) is 2. The smallest absolute Gasteiger partial charge is 0.151 e. The molecule has 2 heterocycles. The third kappa shape index (κ3) is 1.93. The van der Waals surface area contributed by atoms with E-state index < -0.39 is 0 Å². The first-order valence-corrected chi connectivity index (χ1v) is 10.5. The van der Waals surface area contributed by atoms with Crippen molar-refractivity contribution in [2.24, 2.45) is 5.41 Å². The van der Waals surface area contributed by atoms with E-state index in [2.05, 4.69) is 75.3 Å². The van der Waals surface area contributed by atoms with Crippen LogP contribution in [-0.4, -0.2) is 4.98 Å². The Morgan fingerprint density at radius 1 is 0.828 bits per heavy atom. The second-order valence-electron chi connectivity index (χ2n) is 9.73. The van der Waals surface area contributed by atoms with Gasteiger partial charge in [-0.3, -0.25) is 0 Å². The number of aromatic nitrogens is 1. The van der Waals surface area contributed by atoms with E-state index in [0.717, 1.165) is 28.4 Å². The molecule has 1 unspecified atom stereocenters. The van der Waals surface area contributed by atoms with E-state index in [-0.39, 0.29) is 10.8 Å². The molecular weight excluding hydrogens is 356 g/mol. The average molecular weight is 383 g/mol. The van der Waals surface area contributed by atoms with Gasteiger partial charge in [-0.25, -0.2) is 0 Å². The number of benzene rings is 3. The van der Waals surface area contributed by atoms with Gasteiger partial charge < -0.3 is 15.0 Å². The Labute approximate surface area is 171 Å². The molecule has 1 aliphatic carbocycles. The van der Waals surface area contributed by atoms with Crippen LogP contribution in [-0.2, 0) is 5.41 Å². The van der Waals surface area contributed by atoms with Crippen molar-refractivity contribution in [1.29, 1.82) is 0 Å². The van der Waals surface area contributed by atoms with E-state index in [1.807, 2.05) is 18.2 Å². The minimum absolute atomic E-state index is 0.116. The Bertz CT molecular complexity index is 1330.